The van der Waals surface area contributed by atoms with E-state index >= 15 is 0 Å². The summed E-state index contributed by atoms with van der Waals surface area (Å²) in [6.07, 6.45) is 0. The van der Waals surface area contributed by atoms with Gasteiger partial charge in [0.15, 0.2) is 5.76 Å². The van der Waals surface area contributed by atoms with E-state index in [2.05, 4.69) is 5.32 Å². The average molecular weight is 311 g/mol. The number of amides is 1. The number of ether oxygens (including phenoxy) is 1. The van der Waals surface area contributed by atoms with E-state index in [0.29, 0.717) is 22.8 Å². The zero-order chi connectivity index (χ0) is 16.2. The Hall–Kier alpha value is -3.08. The lowest BCUT2D eigenvalue weighted by atomic mass is 10.2. The maximum Gasteiger partial charge on any atom is 0.291 e. The number of carbonyl (C=O) groups is 1. The summed E-state index contributed by atoms with van der Waals surface area (Å²) in [6.45, 7) is 0. The normalized spacial score (nSPS) is 10.3. The van der Waals surface area contributed by atoms with Gasteiger partial charge in [0, 0.05) is 5.56 Å². The fourth-order valence-corrected chi connectivity index (χ4v) is 2.16. The highest BCUT2D eigenvalue weighted by Gasteiger charge is 2.14. The minimum Gasteiger partial charge on any atom is -0.495 e. The van der Waals surface area contributed by atoms with Gasteiger partial charge in [-0.05, 0) is 48.5 Å². The number of benzene rings is 2. The predicted octanol–water partition coefficient (Wildman–Crippen LogP) is 4.35. The van der Waals surface area contributed by atoms with Crippen molar-refractivity contribution in [2.75, 3.05) is 12.4 Å². The first-order chi connectivity index (χ1) is 11.2. The molecule has 0 aliphatic carbocycles. The molecule has 4 nitrogen and oxygen atoms in total. The summed E-state index contributed by atoms with van der Waals surface area (Å²) in [4.78, 5) is 12.3. The first kappa shape index (κ1) is 14.8. The van der Waals surface area contributed by atoms with Crippen LogP contribution in [0.25, 0.3) is 11.3 Å². The van der Waals surface area contributed by atoms with Crippen LogP contribution in [0.15, 0.2) is 65.1 Å². The van der Waals surface area contributed by atoms with Gasteiger partial charge in [-0.2, -0.15) is 0 Å². The Kier molecular flexibility index (Phi) is 4.10. The summed E-state index contributed by atoms with van der Waals surface area (Å²) < 4.78 is 23.7. The number of para-hydroxylation sites is 2. The lowest BCUT2D eigenvalue weighted by molar-refractivity contribution is 0.0997. The van der Waals surface area contributed by atoms with Gasteiger partial charge in [0.2, 0.25) is 0 Å². The summed E-state index contributed by atoms with van der Waals surface area (Å²) in [7, 11) is 1.53. The van der Waals surface area contributed by atoms with E-state index in [-0.39, 0.29) is 17.5 Å². The number of hydrogen-bond acceptors (Lipinski definition) is 3. The van der Waals surface area contributed by atoms with Crippen LogP contribution >= 0.6 is 0 Å². The Balaban J connectivity index is 1.80. The quantitative estimate of drug-likeness (QED) is 0.779. The van der Waals surface area contributed by atoms with Crippen LogP contribution in [0.5, 0.6) is 5.75 Å². The van der Waals surface area contributed by atoms with Crippen LogP contribution in [-0.4, -0.2) is 13.0 Å². The van der Waals surface area contributed by atoms with Crippen LogP contribution in [0.1, 0.15) is 10.6 Å². The molecule has 0 saturated carbocycles. The summed E-state index contributed by atoms with van der Waals surface area (Å²) in [5.74, 6) is 0.508. The van der Waals surface area contributed by atoms with E-state index in [4.69, 9.17) is 9.15 Å². The standard InChI is InChI=1S/C18H14FNO3/c1-22-16-5-3-2-4-14(16)20-18(21)17-11-10-15(23-17)12-6-8-13(19)9-7-12/h2-11H,1H3,(H,20,21). The minimum atomic E-state index is -0.386. The molecule has 0 unspecified atom stereocenters. The highest BCUT2D eigenvalue weighted by Crippen LogP contribution is 2.26. The Morgan fingerprint density at radius 2 is 1.78 bits per heavy atom. The number of hydrogen-bond donors (Lipinski definition) is 1. The molecular weight excluding hydrogens is 297 g/mol. The van der Waals surface area contributed by atoms with Gasteiger partial charge >= 0.3 is 0 Å². The number of nitrogens with one attached hydrogen (secondary N) is 1. The second-order valence-corrected chi connectivity index (χ2v) is 4.83. The Bertz CT molecular complexity index is 824. The zero-order valence-electron chi connectivity index (χ0n) is 12.4. The lowest BCUT2D eigenvalue weighted by Gasteiger charge is -2.08. The maximum absolute atomic E-state index is 12.9. The second-order valence-electron chi connectivity index (χ2n) is 4.83. The molecule has 1 heterocycles. The fourth-order valence-electron chi connectivity index (χ4n) is 2.16. The van der Waals surface area contributed by atoms with Crippen LogP contribution in [0.3, 0.4) is 0 Å². The van der Waals surface area contributed by atoms with Gasteiger partial charge in [-0.3, -0.25) is 4.79 Å². The number of carbonyl (C=O) groups excluding carboxylic acids is 1. The molecule has 1 N–H and O–H groups in total. The average Bonchev–Trinajstić information content (AvgIpc) is 3.06. The Morgan fingerprint density at radius 1 is 1.04 bits per heavy atom. The summed E-state index contributed by atoms with van der Waals surface area (Å²) >= 11 is 0. The summed E-state index contributed by atoms with van der Waals surface area (Å²) in [5.41, 5.74) is 1.25. The molecule has 0 aliphatic heterocycles. The molecule has 5 heteroatoms. The molecule has 0 saturated heterocycles. The molecule has 0 radical (unpaired) electrons. The molecule has 23 heavy (non-hydrogen) atoms. The highest BCUT2D eigenvalue weighted by atomic mass is 19.1. The Labute approximate surface area is 132 Å². The van der Waals surface area contributed by atoms with Gasteiger partial charge < -0.3 is 14.5 Å². The minimum absolute atomic E-state index is 0.162. The van der Waals surface area contributed by atoms with Crippen molar-refractivity contribution in [1.82, 2.24) is 0 Å². The molecule has 0 bridgehead atoms. The van der Waals surface area contributed by atoms with Gasteiger partial charge in [0.1, 0.15) is 17.3 Å². The largest absolute Gasteiger partial charge is 0.495 e. The smallest absolute Gasteiger partial charge is 0.291 e. The SMILES string of the molecule is COc1ccccc1NC(=O)c1ccc(-c2ccc(F)cc2)o1. The van der Waals surface area contributed by atoms with Crippen LogP contribution < -0.4 is 10.1 Å². The van der Waals surface area contributed by atoms with E-state index in [0.717, 1.165) is 0 Å². The molecule has 0 fully saturated rings. The van der Waals surface area contributed by atoms with Crippen molar-refractivity contribution in [2.45, 2.75) is 0 Å². The van der Waals surface area contributed by atoms with E-state index in [1.54, 1.807) is 42.5 Å². The van der Waals surface area contributed by atoms with Gasteiger partial charge in [-0.1, -0.05) is 12.1 Å². The van der Waals surface area contributed by atoms with Gasteiger partial charge in [0.05, 0.1) is 12.8 Å². The molecule has 3 aromatic rings. The summed E-state index contributed by atoms with van der Waals surface area (Å²) in [5, 5.41) is 2.73. The van der Waals surface area contributed by atoms with E-state index in [1.807, 2.05) is 6.07 Å². The third kappa shape index (κ3) is 3.23. The molecular formula is C18H14FNO3. The second kappa shape index (κ2) is 6.36. The number of furan rings is 1. The summed E-state index contributed by atoms with van der Waals surface area (Å²) in [6, 6.07) is 16.2. The number of rotatable bonds is 4. The first-order valence-corrected chi connectivity index (χ1v) is 6.97. The van der Waals surface area contributed by atoms with Crippen molar-refractivity contribution in [1.29, 1.82) is 0 Å². The van der Waals surface area contributed by atoms with Crippen molar-refractivity contribution in [3.8, 4) is 17.1 Å². The van der Waals surface area contributed by atoms with Crippen LogP contribution in [0, 0.1) is 5.82 Å². The molecule has 0 aliphatic rings. The van der Waals surface area contributed by atoms with Gasteiger partial charge in [-0.15, -0.1) is 0 Å². The topological polar surface area (TPSA) is 51.5 Å². The third-order valence-electron chi connectivity index (χ3n) is 3.31. The molecule has 1 aromatic heterocycles. The molecule has 0 spiro atoms. The van der Waals surface area contributed by atoms with Gasteiger partial charge in [-0.25, -0.2) is 4.39 Å². The monoisotopic (exact) mass is 311 g/mol. The van der Waals surface area contributed by atoms with E-state index in [1.165, 1.54) is 19.2 Å². The zero-order valence-corrected chi connectivity index (χ0v) is 12.4. The van der Waals surface area contributed by atoms with E-state index in [9.17, 15) is 9.18 Å². The van der Waals surface area contributed by atoms with Crippen LogP contribution in [-0.2, 0) is 0 Å². The third-order valence-corrected chi connectivity index (χ3v) is 3.31. The molecule has 116 valence electrons. The number of methoxy groups -OCH3 is 1. The maximum atomic E-state index is 12.9. The van der Waals surface area contributed by atoms with E-state index < -0.39 is 0 Å². The van der Waals surface area contributed by atoms with Crippen LogP contribution in [0.2, 0.25) is 0 Å². The van der Waals surface area contributed by atoms with Gasteiger partial charge in [0.25, 0.3) is 5.91 Å². The van der Waals surface area contributed by atoms with Crippen molar-refractivity contribution < 1.29 is 18.3 Å². The molecule has 3 rings (SSSR count). The Morgan fingerprint density at radius 3 is 2.52 bits per heavy atom. The van der Waals surface area contributed by atoms with Crippen molar-refractivity contribution in [2.24, 2.45) is 0 Å². The highest BCUT2D eigenvalue weighted by molar-refractivity contribution is 6.03. The lowest BCUT2D eigenvalue weighted by Crippen LogP contribution is -2.11. The predicted molar refractivity (Wildman–Crippen MR) is 85.0 cm³/mol. The number of halogens is 1. The fraction of sp³-hybridized carbons (Fsp3) is 0.0556. The first-order valence-electron chi connectivity index (χ1n) is 6.97. The molecule has 1 amide bonds. The van der Waals surface area contributed by atoms with Crippen molar-refractivity contribution in [3.05, 3.63) is 72.2 Å². The van der Waals surface area contributed by atoms with Crippen molar-refractivity contribution in [3.63, 3.8) is 0 Å². The molecule has 2 aromatic carbocycles. The number of anilines is 1. The van der Waals surface area contributed by atoms with Crippen LogP contribution in [0.4, 0.5) is 10.1 Å². The van der Waals surface area contributed by atoms with Crippen molar-refractivity contribution >= 4 is 11.6 Å². The molecule has 0 atom stereocenters.